The van der Waals surface area contributed by atoms with Crippen molar-refractivity contribution < 1.29 is 9.53 Å². The first-order valence-corrected chi connectivity index (χ1v) is 6.42. The third-order valence-corrected chi connectivity index (χ3v) is 2.75. The number of amides is 1. The molecule has 0 aliphatic rings. The summed E-state index contributed by atoms with van der Waals surface area (Å²) >= 11 is 0. The second kappa shape index (κ2) is 6.68. The quantitative estimate of drug-likeness (QED) is 0.874. The number of hydrogen-bond acceptors (Lipinski definition) is 4. The normalized spacial score (nSPS) is 10.1. The fraction of sp³-hybridized carbons (Fsp3) is 0.200. The van der Waals surface area contributed by atoms with Gasteiger partial charge in [-0.3, -0.25) is 4.79 Å². The lowest BCUT2D eigenvalue weighted by Gasteiger charge is -2.10. The number of benzene rings is 1. The van der Waals surface area contributed by atoms with Crippen molar-refractivity contribution in [3.8, 4) is 5.88 Å². The van der Waals surface area contributed by atoms with Crippen molar-refractivity contribution in [2.24, 2.45) is 5.73 Å². The molecule has 0 saturated carbocycles. The number of nitrogens with one attached hydrogen (secondary N) is 1. The van der Waals surface area contributed by atoms with Gasteiger partial charge in [0.15, 0.2) is 0 Å². The van der Waals surface area contributed by atoms with E-state index in [1.54, 1.807) is 30.5 Å². The molecule has 0 atom stereocenters. The van der Waals surface area contributed by atoms with Crippen LogP contribution in [0.25, 0.3) is 0 Å². The molecule has 0 radical (unpaired) electrons. The average molecular weight is 271 g/mol. The summed E-state index contributed by atoms with van der Waals surface area (Å²) in [6.45, 7) is 2.82. The Hall–Kier alpha value is -2.40. The summed E-state index contributed by atoms with van der Waals surface area (Å²) in [6, 6.07) is 10.7. The Kier molecular flexibility index (Phi) is 4.68. The summed E-state index contributed by atoms with van der Waals surface area (Å²) in [5.74, 6) is 0.212. The van der Waals surface area contributed by atoms with Crippen LogP contribution in [0.1, 0.15) is 22.8 Å². The molecule has 104 valence electrons. The second-order valence-electron chi connectivity index (χ2n) is 4.14. The van der Waals surface area contributed by atoms with Crippen LogP contribution in [0.2, 0.25) is 0 Å². The Morgan fingerprint density at radius 1 is 1.30 bits per heavy atom. The van der Waals surface area contributed by atoms with Crippen molar-refractivity contribution in [1.82, 2.24) is 4.98 Å². The maximum atomic E-state index is 12.1. The van der Waals surface area contributed by atoms with Crippen LogP contribution < -0.4 is 15.8 Å². The van der Waals surface area contributed by atoms with Crippen molar-refractivity contribution in [3.63, 3.8) is 0 Å². The molecule has 0 aliphatic carbocycles. The molecule has 0 spiro atoms. The number of aromatic nitrogens is 1. The third-order valence-electron chi connectivity index (χ3n) is 2.75. The highest BCUT2D eigenvalue weighted by atomic mass is 16.5. The van der Waals surface area contributed by atoms with E-state index < -0.39 is 0 Å². The lowest BCUT2D eigenvalue weighted by molar-refractivity contribution is 0.102. The Balaban J connectivity index is 2.14. The molecule has 5 heteroatoms. The van der Waals surface area contributed by atoms with Crippen molar-refractivity contribution in [3.05, 3.63) is 53.7 Å². The van der Waals surface area contributed by atoms with Gasteiger partial charge in [0, 0.05) is 18.3 Å². The van der Waals surface area contributed by atoms with Crippen LogP contribution in [-0.4, -0.2) is 17.5 Å². The first kappa shape index (κ1) is 14.0. The highest BCUT2D eigenvalue weighted by molar-refractivity contribution is 6.04. The predicted octanol–water partition coefficient (Wildman–Crippen LogP) is 2.19. The number of nitrogens with zero attached hydrogens (tertiary/aromatic N) is 1. The third kappa shape index (κ3) is 3.33. The van der Waals surface area contributed by atoms with E-state index in [0.717, 1.165) is 5.56 Å². The number of hydrogen-bond donors (Lipinski definition) is 2. The van der Waals surface area contributed by atoms with Gasteiger partial charge in [-0.1, -0.05) is 12.1 Å². The van der Waals surface area contributed by atoms with Gasteiger partial charge in [0.25, 0.3) is 5.91 Å². The van der Waals surface area contributed by atoms with Crippen molar-refractivity contribution >= 4 is 11.6 Å². The summed E-state index contributed by atoms with van der Waals surface area (Å²) in [5.41, 5.74) is 7.63. The van der Waals surface area contributed by atoms with Crippen LogP contribution in [0, 0.1) is 0 Å². The molecule has 5 nitrogen and oxygen atoms in total. The molecule has 2 rings (SSSR count). The van der Waals surface area contributed by atoms with E-state index in [1.165, 1.54) is 0 Å². The Morgan fingerprint density at radius 2 is 2.05 bits per heavy atom. The van der Waals surface area contributed by atoms with E-state index in [4.69, 9.17) is 10.5 Å². The number of nitrogens with two attached hydrogens (primary N) is 1. The van der Waals surface area contributed by atoms with Gasteiger partial charge in [0.2, 0.25) is 5.88 Å². The molecular formula is C15H17N3O2. The average Bonchev–Trinajstić information content (AvgIpc) is 2.49. The van der Waals surface area contributed by atoms with Crippen LogP contribution in [0.5, 0.6) is 5.88 Å². The molecule has 20 heavy (non-hydrogen) atoms. The topological polar surface area (TPSA) is 77.2 Å². The number of carbonyl (C=O) groups is 1. The van der Waals surface area contributed by atoms with E-state index in [2.05, 4.69) is 10.3 Å². The number of carbonyl (C=O) groups excluding carboxylic acids is 1. The molecule has 0 bridgehead atoms. The molecule has 0 unspecified atom stereocenters. The molecular weight excluding hydrogens is 254 g/mol. The monoisotopic (exact) mass is 271 g/mol. The fourth-order valence-corrected chi connectivity index (χ4v) is 1.72. The van der Waals surface area contributed by atoms with Crippen molar-refractivity contribution in [2.45, 2.75) is 13.5 Å². The van der Waals surface area contributed by atoms with Gasteiger partial charge in [-0.25, -0.2) is 4.98 Å². The minimum atomic E-state index is -0.206. The molecule has 2 aromatic rings. The van der Waals surface area contributed by atoms with E-state index in [0.29, 0.717) is 30.3 Å². The van der Waals surface area contributed by atoms with Crippen molar-refractivity contribution in [1.29, 1.82) is 0 Å². The zero-order valence-corrected chi connectivity index (χ0v) is 11.3. The van der Waals surface area contributed by atoms with Gasteiger partial charge >= 0.3 is 0 Å². The molecule has 0 fully saturated rings. The van der Waals surface area contributed by atoms with E-state index in [9.17, 15) is 4.79 Å². The van der Waals surface area contributed by atoms with Gasteiger partial charge < -0.3 is 15.8 Å². The van der Waals surface area contributed by atoms with Gasteiger partial charge in [-0.15, -0.1) is 0 Å². The zero-order valence-electron chi connectivity index (χ0n) is 11.3. The largest absolute Gasteiger partial charge is 0.476 e. The highest BCUT2D eigenvalue weighted by Gasteiger charge is 2.10. The van der Waals surface area contributed by atoms with Gasteiger partial charge in [-0.2, -0.15) is 0 Å². The van der Waals surface area contributed by atoms with Crippen LogP contribution in [0.4, 0.5) is 5.69 Å². The number of rotatable bonds is 5. The van der Waals surface area contributed by atoms with E-state index in [-0.39, 0.29) is 5.91 Å². The first-order valence-electron chi connectivity index (χ1n) is 6.42. The highest BCUT2D eigenvalue weighted by Crippen LogP contribution is 2.21. The summed E-state index contributed by atoms with van der Waals surface area (Å²) in [5, 5.41) is 2.79. The standard InChI is InChI=1S/C15H17N3O2/c1-2-20-15-13(4-3-9-17-15)18-14(19)12-7-5-11(10-16)6-8-12/h3-9H,2,10,16H2,1H3,(H,18,19). The Morgan fingerprint density at radius 3 is 2.70 bits per heavy atom. The molecule has 0 aliphatic heterocycles. The summed E-state index contributed by atoms with van der Waals surface area (Å²) in [7, 11) is 0. The Bertz CT molecular complexity index is 582. The second-order valence-corrected chi connectivity index (χ2v) is 4.14. The van der Waals surface area contributed by atoms with Crippen LogP contribution in [0.15, 0.2) is 42.6 Å². The first-order chi connectivity index (χ1) is 9.74. The van der Waals surface area contributed by atoms with Gasteiger partial charge in [-0.05, 0) is 36.8 Å². The van der Waals surface area contributed by atoms with Crippen LogP contribution in [0.3, 0.4) is 0 Å². The molecule has 1 aromatic heterocycles. The fourth-order valence-electron chi connectivity index (χ4n) is 1.72. The predicted molar refractivity (Wildman–Crippen MR) is 77.7 cm³/mol. The summed E-state index contributed by atoms with van der Waals surface area (Å²) in [6.07, 6.45) is 1.62. The summed E-state index contributed by atoms with van der Waals surface area (Å²) in [4.78, 5) is 16.2. The van der Waals surface area contributed by atoms with Crippen LogP contribution in [-0.2, 0) is 6.54 Å². The molecule has 3 N–H and O–H groups in total. The van der Waals surface area contributed by atoms with Gasteiger partial charge in [0.1, 0.15) is 5.69 Å². The van der Waals surface area contributed by atoms with Crippen molar-refractivity contribution in [2.75, 3.05) is 11.9 Å². The minimum Gasteiger partial charge on any atom is -0.476 e. The number of anilines is 1. The number of pyridine rings is 1. The SMILES string of the molecule is CCOc1ncccc1NC(=O)c1ccc(CN)cc1. The molecule has 1 aromatic carbocycles. The maximum Gasteiger partial charge on any atom is 0.255 e. The lowest BCUT2D eigenvalue weighted by atomic mass is 10.1. The van der Waals surface area contributed by atoms with E-state index >= 15 is 0 Å². The summed E-state index contributed by atoms with van der Waals surface area (Å²) < 4.78 is 5.37. The number of ether oxygens (including phenoxy) is 1. The van der Waals surface area contributed by atoms with Crippen LogP contribution >= 0.6 is 0 Å². The minimum absolute atomic E-state index is 0.206. The van der Waals surface area contributed by atoms with Gasteiger partial charge in [0.05, 0.1) is 6.61 Å². The molecule has 1 heterocycles. The maximum absolute atomic E-state index is 12.1. The molecule has 1 amide bonds. The zero-order chi connectivity index (χ0) is 14.4. The smallest absolute Gasteiger partial charge is 0.255 e. The van der Waals surface area contributed by atoms with E-state index in [1.807, 2.05) is 19.1 Å². The Labute approximate surface area is 117 Å². The molecule has 0 saturated heterocycles. The lowest BCUT2D eigenvalue weighted by Crippen LogP contribution is -2.13.